The largest absolute Gasteiger partial charge is 0.478 e. The zero-order valence-corrected chi connectivity index (χ0v) is 27.3. The van der Waals surface area contributed by atoms with Crippen LogP contribution in [0.25, 0.3) is 5.69 Å². The lowest BCUT2D eigenvalue weighted by Crippen LogP contribution is -2.41. The number of alkyl halides is 3. The molecule has 3 heterocycles. The van der Waals surface area contributed by atoms with E-state index in [0.717, 1.165) is 18.7 Å². The number of pyridine rings is 1. The van der Waals surface area contributed by atoms with E-state index in [1.165, 1.54) is 12.1 Å². The topological polar surface area (TPSA) is 162 Å². The number of nitrogens with one attached hydrogen (secondary N) is 1. The summed E-state index contributed by atoms with van der Waals surface area (Å²) in [5.74, 6) is -1.87. The Bertz CT molecular complexity index is 1880. The summed E-state index contributed by atoms with van der Waals surface area (Å²) in [6.45, 7) is 10.7. The number of aromatic nitrogens is 3. The van der Waals surface area contributed by atoms with E-state index in [1.54, 1.807) is 33.0 Å². The standard InChI is InChI=1S/C16H14ClF3N2O4.C15H19N3O3/c1-8(2)26-14(24)10-6-9(4-5-11(10)17)22-13(23)7-12(16(18,19)20)21(3)15(22)25;1-5-9-6-10(13(19)20)11(16-7-9)12-17-14(21)15(4,18-12)8(2)3/h4-8H,1-3H3;6-8H,5H2,1-4H3,(H,19,20)(H,17,18,21). The Labute approximate surface area is 271 Å². The summed E-state index contributed by atoms with van der Waals surface area (Å²) in [6, 6.07) is 5.48. The van der Waals surface area contributed by atoms with Crippen LogP contribution in [-0.4, -0.2) is 54.5 Å². The van der Waals surface area contributed by atoms with Crippen LogP contribution in [0, 0.1) is 5.92 Å². The van der Waals surface area contributed by atoms with Crippen molar-refractivity contribution in [2.24, 2.45) is 18.0 Å². The van der Waals surface area contributed by atoms with Gasteiger partial charge in [0, 0.05) is 19.3 Å². The molecular weight excluding hydrogens is 647 g/mol. The number of benzene rings is 1. The van der Waals surface area contributed by atoms with Crippen LogP contribution in [0.4, 0.5) is 13.2 Å². The van der Waals surface area contributed by atoms with Crippen LogP contribution >= 0.6 is 11.6 Å². The second-order valence-electron chi connectivity index (χ2n) is 11.3. The molecule has 0 fully saturated rings. The van der Waals surface area contributed by atoms with Crippen LogP contribution in [-0.2, 0) is 29.2 Å². The molecule has 0 aliphatic carbocycles. The van der Waals surface area contributed by atoms with Crippen LogP contribution in [0.2, 0.25) is 5.02 Å². The highest BCUT2D eigenvalue weighted by atomic mass is 35.5. The predicted octanol–water partition coefficient (Wildman–Crippen LogP) is 4.41. The Kier molecular flexibility index (Phi) is 10.9. The zero-order chi connectivity index (χ0) is 35.6. The second-order valence-corrected chi connectivity index (χ2v) is 11.7. The van der Waals surface area contributed by atoms with Crippen LogP contribution in [0.5, 0.6) is 0 Å². The number of halogens is 4. The molecule has 0 saturated heterocycles. The van der Waals surface area contributed by atoms with Crippen molar-refractivity contribution in [2.75, 3.05) is 0 Å². The van der Waals surface area contributed by atoms with E-state index in [0.29, 0.717) is 21.6 Å². The van der Waals surface area contributed by atoms with Crippen molar-refractivity contribution < 1.29 is 37.4 Å². The van der Waals surface area contributed by atoms with Gasteiger partial charge in [-0.25, -0.2) is 23.9 Å². The SMILES string of the molecule is CC(C)OC(=O)c1cc(-n2c(=O)cc(C(F)(F)F)n(C)c2=O)ccc1Cl.CCc1cnc(C2=NC(C)(C(C)C)C(=O)N2)c(C(=O)O)c1. The first-order valence-electron chi connectivity index (χ1n) is 14.3. The maximum absolute atomic E-state index is 12.9. The van der Waals surface area contributed by atoms with Gasteiger partial charge in [0.1, 0.15) is 16.9 Å². The molecule has 0 saturated carbocycles. The van der Waals surface area contributed by atoms with E-state index in [2.05, 4.69) is 15.3 Å². The fraction of sp³-hybridized carbons (Fsp3) is 0.387. The molecule has 1 aliphatic rings. The molecule has 4 rings (SSSR count). The Morgan fingerprint density at radius 1 is 1.09 bits per heavy atom. The molecule has 1 aromatic carbocycles. The summed E-state index contributed by atoms with van der Waals surface area (Å²) < 4.78 is 44.5. The monoisotopic (exact) mass is 679 g/mol. The van der Waals surface area contributed by atoms with Gasteiger partial charge in [0.25, 0.3) is 11.5 Å². The minimum Gasteiger partial charge on any atom is -0.478 e. The molecule has 1 atom stereocenters. The molecule has 12 nitrogen and oxygen atoms in total. The molecule has 0 spiro atoms. The van der Waals surface area contributed by atoms with Crippen LogP contribution in [0.1, 0.15) is 79.2 Å². The number of esters is 1. The quantitative estimate of drug-likeness (QED) is 0.347. The molecule has 252 valence electrons. The van der Waals surface area contributed by atoms with Crippen molar-refractivity contribution in [1.29, 1.82) is 0 Å². The Balaban J connectivity index is 0.000000261. The number of carbonyl (C=O) groups is 3. The summed E-state index contributed by atoms with van der Waals surface area (Å²) in [5, 5.41) is 12.0. The van der Waals surface area contributed by atoms with E-state index in [4.69, 9.17) is 16.3 Å². The number of amidine groups is 1. The molecule has 1 unspecified atom stereocenters. The number of aromatic carboxylic acids is 1. The van der Waals surface area contributed by atoms with E-state index in [9.17, 15) is 42.3 Å². The number of carbonyl (C=O) groups excluding carboxylic acids is 2. The van der Waals surface area contributed by atoms with E-state index in [1.807, 2.05) is 20.8 Å². The van der Waals surface area contributed by atoms with Crippen molar-refractivity contribution in [3.05, 3.63) is 90.5 Å². The Hall–Kier alpha value is -4.79. The lowest BCUT2D eigenvalue weighted by Gasteiger charge is -2.21. The fourth-order valence-corrected chi connectivity index (χ4v) is 4.52. The van der Waals surface area contributed by atoms with Gasteiger partial charge >= 0.3 is 23.8 Å². The van der Waals surface area contributed by atoms with Crippen LogP contribution in [0.15, 0.2) is 51.1 Å². The minimum absolute atomic E-state index is 0.00167. The smallest absolute Gasteiger partial charge is 0.431 e. The average Bonchev–Trinajstić information content (AvgIpc) is 3.29. The third-order valence-electron chi connectivity index (χ3n) is 7.35. The van der Waals surface area contributed by atoms with Crippen molar-refractivity contribution in [1.82, 2.24) is 19.4 Å². The number of hydrogen-bond acceptors (Lipinski definition) is 8. The zero-order valence-electron chi connectivity index (χ0n) is 26.5. The van der Waals surface area contributed by atoms with Gasteiger partial charge in [0.05, 0.1) is 27.9 Å². The lowest BCUT2D eigenvalue weighted by atomic mass is 9.89. The molecule has 16 heteroatoms. The summed E-state index contributed by atoms with van der Waals surface area (Å²) in [5.41, 5.74) is -3.81. The number of rotatable bonds is 7. The third kappa shape index (κ3) is 7.79. The van der Waals surface area contributed by atoms with Gasteiger partial charge in [-0.2, -0.15) is 13.2 Å². The van der Waals surface area contributed by atoms with Gasteiger partial charge in [0.15, 0.2) is 5.84 Å². The van der Waals surface area contributed by atoms with Crippen LogP contribution < -0.4 is 16.6 Å². The number of amides is 1. The Morgan fingerprint density at radius 3 is 2.23 bits per heavy atom. The third-order valence-corrected chi connectivity index (χ3v) is 7.68. The number of nitrogens with zero attached hydrogens (tertiary/aromatic N) is 4. The maximum atomic E-state index is 12.9. The average molecular weight is 680 g/mol. The number of aliphatic imine (C=N–C) groups is 1. The van der Waals surface area contributed by atoms with Gasteiger partial charge < -0.3 is 15.2 Å². The normalized spacial score (nSPS) is 16.0. The van der Waals surface area contributed by atoms with Gasteiger partial charge in [-0.15, -0.1) is 0 Å². The molecule has 1 amide bonds. The second kappa shape index (κ2) is 13.9. The Morgan fingerprint density at radius 2 is 1.72 bits per heavy atom. The predicted molar refractivity (Wildman–Crippen MR) is 166 cm³/mol. The van der Waals surface area contributed by atoms with Crippen molar-refractivity contribution in [2.45, 2.75) is 65.8 Å². The van der Waals surface area contributed by atoms with Crippen molar-refractivity contribution >= 4 is 35.3 Å². The number of carboxylic acids is 1. The summed E-state index contributed by atoms with van der Waals surface area (Å²) in [6.07, 6.45) is -3.00. The van der Waals surface area contributed by atoms with Crippen LogP contribution in [0.3, 0.4) is 0 Å². The number of aryl methyl sites for hydroxylation is 1. The molecule has 0 radical (unpaired) electrons. The van der Waals surface area contributed by atoms with Gasteiger partial charge in [-0.05, 0) is 62.9 Å². The van der Waals surface area contributed by atoms with E-state index >= 15 is 0 Å². The number of carboxylic acid groups (broad SMARTS) is 1. The summed E-state index contributed by atoms with van der Waals surface area (Å²) in [7, 11) is 0.894. The fourth-order valence-electron chi connectivity index (χ4n) is 4.32. The molecule has 3 aromatic rings. The highest BCUT2D eigenvalue weighted by Crippen LogP contribution is 2.28. The molecular formula is C31H33ClF3N5O7. The first kappa shape index (κ1) is 36.7. The van der Waals surface area contributed by atoms with Crippen molar-refractivity contribution in [3.8, 4) is 5.69 Å². The first-order valence-corrected chi connectivity index (χ1v) is 14.7. The maximum Gasteiger partial charge on any atom is 0.431 e. The first-order chi connectivity index (χ1) is 21.7. The highest BCUT2D eigenvalue weighted by Gasteiger charge is 2.43. The minimum atomic E-state index is -4.86. The van der Waals surface area contributed by atoms with Gasteiger partial charge in [-0.1, -0.05) is 32.4 Å². The molecule has 1 aliphatic heterocycles. The molecule has 2 aromatic heterocycles. The summed E-state index contributed by atoms with van der Waals surface area (Å²) >= 11 is 5.94. The van der Waals surface area contributed by atoms with E-state index in [-0.39, 0.29) is 45.2 Å². The molecule has 47 heavy (non-hydrogen) atoms. The highest BCUT2D eigenvalue weighted by molar-refractivity contribution is 6.33. The number of ether oxygens (including phenoxy) is 1. The van der Waals surface area contributed by atoms with Gasteiger partial charge in [0.2, 0.25) is 0 Å². The summed E-state index contributed by atoms with van der Waals surface area (Å²) in [4.78, 5) is 68.6. The number of hydrogen-bond donors (Lipinski definition) is 2. The molecule has 2 N–H and O–H groups in total. The van der Waals surface area contributed by atoms with Crippen molar-refractivity contribution in [3.63, 3.8) is 0 Å². The van der Waals surface area contributed by atoms with Gasteiger partial charge in [-0.3, -0.25) is 19.1 Å². The van der Waals surface area contributed by atoms with E-state index < -0.39 is 46.7 Å². The lowest BCUT2D eigenvalue weighted by molar-refractivity contribution is -0.144. The molecule has 0 bridgehead atoms.